The van der Waals surface area contributed by atoms with Crippen molar-refractivity contribution in [2.45, 2.75) is 58.3 Å². The van der Waals surface area contributed by atoms with Gasteiger partial charge in [-0.2, -0.15) is 10.5 Å². The quantitative estimate of drug-likeness (QED) is 0.517. The summed E-state index contributed by atoms with van der Waals surface area (Å²) >= 11 is 0. The molecule has 0 bridgehead atoms. The van der Waals surface area contributed by atoms with Crippen molar-refractivity contribution in [3.8, 4) is 17.9 Å². The second-order valence-corrected chi connectivity index (χ2v) is 9.36. The SMILES string of the molecule is CC(C)(C)c1cc2c(c(C(C)(C)C)c1)OC(=O)C2c1cc(C#N)cc(C#N)c1. The van der Waals surface area contributed by atoms with Crippen LogP contribution in [-0.4, -0.2) is 5.97 Å². The molecule has 0 aliphatic carbocycles. The maximum Gasteiger partial charge on any atom is 0.323 e. The lowest BCUT2D eigenvalue weighted by atomic mass is 9.77. The third-order valence-electron chi connectivity index (χ3n) is 5.09. The van der Waals surface area contributed by atoms with Gasteiger partial charge in [-0.25, -0.2) is 0 Å². The zero-order chi connectivity index (χ0) is 20.9. The van der Waals surface area contributed by atoms with E-state index in [1.807, 2.05) is 6.07 Å². The van der Waals surface area contributed by atoms with Gasteiger partial charge in [-0.15, -0.1) is 0 Å². The first kappa shape index (κ1) is 19.6. The van der Waals surface area contributed by atoms with E-state index in [2.05, 4.69) is 59.7 Å². The molecule has 0 fully saturated rings. The lowest BCUT2D eigenvalue weighted by molar-refractivity contribution is -0.133. The molecule has 0 spiro atoms. The van der Waals surface area contributed by atoms with Crippen molar-refractivity contribution >= 4 is 5.97 Å². The van der Waals surface area contributed by atoms with Crippen LogP contribution < -0.4 is 4.74 Å². The standard InChI is InChI=1S/C24H24N2O2/c1-23(2,3)17-10-18-20(16-8-14(12-25)7-15(9-16)13-26)22(27)28-21(18)19(11-17)24(4,5)6/h7-11,20H,1-6H3. The molecule has 3 rings (SSSR count). The fourth-order valence-corrected chi connectivity index (χ4v) is 3.52. The summed E-state index contributed by atoms with van der Waals surface area (Å²) in [6.45, 7) is 12.7. The Labute approximate surface area is 166 Å². The summed E-state index contributed by atoms with van der Waals surface area (Å²) in [6.07, 6.45) is 0. The Hall–Kier alpha value is -3.11. The minimum atomic E-state index is -0.640. The predicted molar refractivity (Wildman–Crippen MR) is 107 cm³/mol. The lowest BCUT2D eigenvalue weighted by Crippen LogP contribution is -2.17. The number of nitriles is 2. The molecule has 4 heteroatoms. The summed E-state index contributed by atoms with van der Waals surface area (Å²) in [5, 5.41) is 18.6. The highest BCUT2D eigenvalue weighted by molar-refractivity contribution is 5.90. The normalized spacial score (nSPS) is 16.1. The molecule has 1 atom stereocenters. The molecule has 28 heavy (non-hydrogen) atoms. The van der Waals surface area contributed by atoms with Crippen molar-refractivity contribution in [1.82, 2.24) is 0 Å². The highest BCUT2D eigenvalue weighted by Gasteiger charge is 2.39. The van der Waals surface area contributed by atoms with Gasteiger partial charge in [0, 0.05) is 11.1 Å². The Morgan fingerprint density at radius 3 is 1.89 bits per heavy atom. The van der Waals surface area contributed by atoms with Crippen LogP contribution in [0.1, 0.15) is 80.8 Å². The van der Waals surface area contributed by atoms with E-state index in [1.165, 1.54) is 6.07 Å². The van der Waals surface area contributed by atoms with Crippen LogP contribution >= 0.6 is 0 Å². The van der Waals surface area contributed by atoms with Crippen LogP contribution in [0.25, 0.3) is 0 Å². The average Bonchev–Trinajstić information content (AvgIpc) is 2.94. The molecule has 4 nitrogen and oxygen atoms in total. The molecule has 0 N–H and O–H groups in total. The van der Waals surface area contributed by atoms with E-state index >= 15 is 0 Å². The summed E-state index contributed by atoms with van der Waals surface area (Å²) in [7, 11) is 0. The van der Waals surface area contributed by atoms with E-state index in [0.29, 0.717) is 22.4 Å². The maximum absolute atomic E-state index is 12.9. The number of hydrogen-bond donors (Lipinski definition) is 0. The van der Waals surface area contributed by atoms with Crippen LogP contribution in [0, 0.1) is 22.7 Å². The molecule has 2 aromatic rings. The Balaban J connectivity index is 2.30. The third kappa shape index (κ3) is 3.39. The largest absolute Gasteiger partial charge is 0.425 e. The van der Waals surface area contributed by atoms with Gasteiger partial charge in [-0.3, -0.25) is 4.79 Å². The van der Waals surface area contributed by atoms with Crippen LogP contribution in [0.5, 0.6) is 5.75 Å². The van der Waals surface area contributed by atoms with Crippen LogP contribution in [-0.2, 0) is 15.6 Å². The highest BCUT2D eigenvalue weighted by Crippen LogP contribution is 2.47. The fourth-order valence-electron chi connectivity index (χ4n) is 3.52. The molecule has 1 heterocycles. The Morgan fingerprint density at radius 1 is 0.857 bits per heavy atom. The minimum absolute atomic E-state index is 0.0997. The van der Waals surface area contributed by atoms with Crippen molar-refractivity contribution in [2.75, 3.05) is 0 Å². The molecule has 1 aliphatic rings. The minimum Gasteiger partial charge on any atom is -0.425 e. The van der Waals surface area contributed by atoms with Gasteiger partial charge in [0.05, 0.1) is 23.3 Å². The first-order valence-corrected chi connectivity index (χ1v) is 9.31. The number of rotatable bonds is 1. The third-order valence-corrected chi connectivity index (χ3v) is 5.09. The number of carbonyl (C=O) groups is 1. The van der Waals surface area contributed by atoms with Gasteiger partial charge >= 0.3 is 5.97 Å². The summed E-state index contributed by atoms with van der Waals surface area (Å²) in [4.78, 5) is 12.9. The first-order chi connectivity index (χ1) is 13.0. The number of carbonyl (C=O) groups excluding carboxylic acids is 1. The summed E-state index contributed by atoms with van der Waals surface area (Å²) in [5.74, 6) is -0.402. The first-order valence-electron chi connectivity index (χ1n) is 9.31. The van der Waals surface area contributed by atoms with E-state index in [0.717, 1.165) is 16.7 Å². The summed E-state index contributed by atoms with van der Waals surface area (Å²) < 4.78 is 5.74. The molecule has 0 radical (unpaired) electrons. The lowest BCUT2D eigenvalue weighted by Gasteiger charge is -2.27. The van der Waals surface area contributed by atoms with Crippen molar-refractivity contribution in [2.24, 2.45) is 0 Å². The topological polar surface area (TPSA) is 73.9 Å². The number of fused-ring (bicyclic) bond motifs is 1. The highest BCUT2D eigenvalue weighted by atomic mass is 16.5. The number of esters is 1. The molecule has 0 saturated heterocycles. The van der Waals surface area contributed by atoms with E-state index in [-0.39, 0.29) is 16.8 Å². The van der Waals surface area contributed by atoms with E-state index in [4.69, 9.17) is 4.74 Å². The number of benzene rings is 2. The molecule has 1 unspecified atom stereocenters. The smallest absolute Gasteiger partial charge is 0.323 e. The molecule has 0 saturated carbocycles. The Morgan fingerprint density at radius 2 is 1.43 bits per heavy atom. The van der Waals surface area contributed by atoms with E-state index < -0.39 is 5.92 Å². The van der Waals surface area contributed by atoms with Gasteiger partial charge < -0.3 is 4.74 Å². The number of nitrogens with zero attached hydrogens (tertiary/aromatic N) is 2. The van der Waals surface area contributed by atoms with E-state index in [1.54, 1.807) is 12.1 Å². The molecule has 0 aromatic heterocycles. The van der Waals surface area contributed by atoms with Crippen LogP contribution in [0.2, 0.25) is 0 Å². The number of ether oxygens (including phenoxy) is 1. The van der Waals surface area contributed by atoms with Crippen LogP contribution in [0.4, 0.5) is 0 Å². The van der Waals surface area contributed by atoms with Gasteiger partial charge in [-0.05, 0) is 40.2 Å². The van der Waals surface area contributed by atoms with E-state index in [9.17, 15) is 15.3 Å². The van der Waals surface area contributed by atoms with Gasteiger partial charge in [-0.1, -0.05) is 53.7 Å². The maximum atomic E-state index is 12.9. The zero-order valence-corrected chi connectivity index (χ0v) is 17.2. The predicted octanol–water partition coefficient (Wildman–Crippen LogP) is 5.08. The van der Waals surface area contributed by atoms with Crippen LogP contribution in [0.3, 0.4) is 0 Å². The van der Waals surface area contributed by atoms with Crippen molar-refractivity contribution in [3.05, 3.63) is 63.7 Å². The monoisotopic (exact) mass is 372 g/mol. The second kappa shape index (κ2) is 6.50. The van der Waals surface area contributed by atoms with Crippen molar-refractivity contribution in [1.29, 1.82) is 10.5 Å². The van der Waals surface area contributed by atoms with Crippen molar-refractivity contribution in [3.63, 3.8) is 0 Å². The molecule has 142 valence electrons. The van der Waals surface area contributed by atoms with Gasteiger partial charge in [0.2, 0.25) is 0 Å². The molecular formula is C24H24N2O2. The van der Waals surface area contributed by atoms with Gasteiger partial charge in [0.1, 0.15) is 11.7 Å². The molecular weight excluding hydrogens is 348 g/mol. The Bertz CT molecular complexity index is 1020. The fraction of sp³-hybridized carbons (Fsp3) is 0.375. The van der Waals surface area contributed by atoms with Gasteiger partial charge in [0.15, 0.2) is 0 Å². The number of hydrogen-bond acceptors (Lipinski definition) is 4. The molecule has 0 amide bonds. The molecule has 2 aromatic carbocycles. The molecule has 1 aliphatic heterocycles. The second-order valence-electron chi connectivity index (χ2n) is 9.36. The summed E-state index contributed by atoms with van der Waals surface area (Å²) in [6, 6.07) is 13.2. The van der Waals surface area contributed by atoms with Crippen LogP contribution in [0.15, 0.2) is 30.3 Å². The average molecular weight is 372 g/mol. The van der Waals surface area contributed by atoms with Crippen molar-refractivity contribution < 1.29 is 9.53 Å². The zero-order valence-electron chi connectivity index (χ0n) is 17.2. The summed E-state index contributed by atoms with van der Waals surface area (Å²) in [5.41, 5.74) is 3.95. The Kier molecular flexibility index (Phi) is 4.56. The van der Waals surface area contributed by atoms with Gasteiger partial charge in [0.25, 0.3) is 0 Å².